The molecule has 0 amide bonds. The first-order valence-corrected chi connectivity index (χ1v) is 5.86. The summed E-state index contributed by atoms with van der Waals surface area (Å²) in [5, 5.41) is 0. The minimum absolute atomic E-state index is 0.0897. The van der Waals surface area contributed by atoms with E-state index in [1.165, 1.54) is 14.0 Å². The summed E-state index contributed by atoms with van der Waals surface area (Å²) < 4.78 is 9.76. The number of hydrogen-bond donors (Lipinski definition) is 0. The van der Waals surface area contributed by atoms with E-state index in [4.69, 9.17) is 4.74 Å². The van der Waals surface area contributed by atoms with Crippen molar-refractivity contribution in [2.45, 2.75) is 51.6 Å². The topological polar surface area (TPSA) is 52.6 Å². The summed E-state index contributed by atoms with van der Waals surface area (Å²) in [6, 6.07) is 0. The maximum absolute atomic E-state index is 11.0. The molecule has 0 aliphatic heterocycles. The molecule has 0 radical (unpaired) electrons. The first-order chi connectivity index (χ1) is 7.61. The van der Waals surface area contributed by atoms with Gasteiger partial charge >= 0.3 is 11.9 Å². The van der Waals surface area contributed by atoms with Crippen LogP contribution in [0, 0.1) is 5.92 Å². The van der Waals surface area contributed by atoms with Crippen molar-refractivity contribution < 1.29 is 19.1 Å². The second-order valence-electron chi connectivity index (χ2n) is 4.37. The highest BCUT2D eigenvalue weighted by molar-refractivity contribution is 5.69. The molecule has 92 valence electrons. The second kappa shape index (κ2) is 6.51. The molecule has 0 saturated heterocycles. The third-order valence-corrected chi connectivity index (χ3v) is 3.11. The summed E-state index contributed by atoms with van der Waals surface area (Å²) in [5.74, 6) is 0.242. The molecule has 0 spiro atoms. The van der Waals surface area contributed by atoms with Crippen molar-refractivity contribution in [1.29, 1.82) is 0 Å². The fraction of sp³-hybridized carbons (Fsp3) is 0.833. The fourth-order valence-electron chi connectivity index (χ4n) is 2.20. The molecule has 4 nitrogen and oxygen atoms in total. The zero-order valence-corrected chi connectivity index (χ0v) is 10.0. The average Bonchev–Trinajstić information content (AvgIpc) is 2.27. The van der Waals surface area contributed by atoms with Gasteiger partial charge in [0.1, 0.15) is 6.10 Å². The number of rotatable bonds is 4. The quantitative estimate of drug-likeness (QED) is 0.691. The van der Waals surface area contributed by atoms with E-state index in [-0.39, 0.29) is 18.0 Å². The molecule has 1 rings (SSSR count). The molecule has 0 heterocycles. The van der Waals surface area contributed by atoms with E-state index in [0.717, 1.165) is 32.1 Å². The Morgan fingerprint density at radius 3 is 2.31 bits per heavy atom. The summed E-state index contributed by atoms with van der Waals surface area (Å²) in [6.07, 6.45) is 5.39. The Morgan fingerprint density at radius 2 is 1.81 bits per heavy atom. The van der Waals surface area contributed by atoms with Crippen molar-refractivity contribution in [3.8, 4) is 0 Å². The van der Waals surface area contributed by atoms with Gasteiger partial charge < -0.3 is 9.47 Å². The SMILES string of the molecule is COC(=O)CCC1CCC(OC(C)=O)CC1. The van der Waals surface area contributed by atoms with Gasteiger partial charge in [-0.25, -0.2) is 0 Å². The lowest BCUT2D eigenvalue weighted by atomic mass is 9.84. The molecule has 0 atom stereocenters. The van der Waals surface area contributed by atoms with Crippen LogP contribution in [0.5, 0.6) is 0 Å². The minimum atomic E-state index is -0.196. The molecule has 1 aliphatic rings. The van der Waals surface area contributed by atoms with E-state index < -0.39 is 0 Å². The average molecular weight is 228 g/mol. The predicted octanol–water partition coefficient (Wildman–Crippen LogP) is 2.06. The summed E-state index contributed by atoms with van der Waals surface area (Å²) in [7, 11) is 1.42. The molecule has 0 N–H and O–H groups in total. The van der Waals surface area contributed by atoms with Crippen LogP contribution in [0.1, 0.15) is 45.4 Å². The monoisotopic (exact) mass is 228 g/mol. The number of methoxy groups -OCH3 is 1. The lowest BCUT2D eigenvalue weighted by Gasteiger charge is -2.27. The lowest BCUT2D eigenvalue weighted by Crippen LogP contribution is -2.23. The van der Waals surface area contributed by atoms with Gasteiger partial charge in [-0.15, -0.1) is 0 Å². The Kier molecular flexibility index (Phi) is 5.29. The molecular formula is C12H20O4. The lowest BCUT2D eigenvalue weighted by molar-refractivity contribution is -0.148. The van der Waals surface area contributed by atoms with Crippen LogP contribution in [0.25, 0.3) is 0 Å². The molecule has 0 aromatic carbocycles. The van der Waals surface area contributed by atoms with Gasteiger partial charge in [0.05, 0.1) is 7.11 Å². The number of ether oxygens (including phenoxy) is 2. The van der Waals surface area contributed by atoms with Gasteiger partial charge in [0.2, 0.25) is 0 Å². The normalized spacial score (nSPS) is 24.9. The molecule has 0 aromatic rings. The van der Waals surface area contributed by atoms with Crippen molar-refractivity contribution in [2.75, 3.05) is 7.11 Å². The Morgan fingerprint density at radius 1 is 1.19 bits per heavy atom. The molecule has 0 bridgehead atoms. The maximum Gasteiger partial charge on any atom is 0.305 e. The third kappa shape index (κ3) is 4.64. The highest BCUT2D eigenvalue weighted by atomic mass is 16.5. The van der Waals surface area contributed by atoms with Crippen molar-refractivity contribution in [3.05, 3.63) is 0 Å². The van der Waals surface area contributed by atoms with E-state index in [0.29, 0.717) is 12.3 Å². The van der Waals surface area contributed by atoms with E-state index in [2.05, 4.69) is 4.74 Å². The highest BCUT2D eigenvalue weighted by Crippen LogP contribution is 2.29. The van der Waals surface area contributed by atoms with E-state index in [1.54, 1.807) is 0 Å². The third-order valence-electron chi connectivity index (χ3n) is 3.11. The molecule has 1 aliphatic carbocycles. The molecule has 4 heteroatoms. The Bertz CT molecular complexity index is 241. The van der Waals surface area contributed by atoms with Crippen molar-refractivity contribution in [2.24, 2.45) is 5.92 Å². The van der Waals surface area contributed by atoms with Crippen LogP contribution in [0.4, 0.5) is 0 Å². The highest BCUT2D eigenvalue weighted by Gasteiger charge is 2.23. The van der Waals surface area contributed by atoms with Gasteiger partial charge in [-0.3, -0.25) is 9.59 Å². The van der Waals surface area contributed by atoms with Crippen LogP contribution in [-0.4, -0.2) is 25.2 Å². The largest absolute Gasteiger partial charge is 0.469 e. The summed E-state index contributed by atoms with van der Waals surface area (Å²) in [4.78, 5) is 21.7. The zero-order valence-electron chi connectivity index (χ0n) is 10.0. The smallest absolute Gasteiger partial charge is 0.305 e. The van der Waals surface area contributed by atoms with Crippen LogP contribution in [0.2, 0.25) is 0 Å². The summed E-state index contributed by atoms with van der Waals surface area (Å²) in [5.41, 5.74) is 0. The van der Waals surface area contributed by atoms with Gasteiger partial charge in [0, 0.05) is 13.3 Å². The Balaban J connectivity index is 2.16. The molecule has 1 saturated carbocycles. The number of carbonyl (C=O) groups is 2. The Labute approximate surface area is 96.3 Å². The number of carbonyl (C=O) groups excluding carboxylic acids is 2. The second-order valence-corrected chi connectivity index (χ2v) is 4.37. The van der Waals surface area contributed by atoms with Gasteiger partial charge in [0.25, 0.3) is 0 Å². The van der Waals surface area contributed by atoms with Crippen molar-refractivity contribution in [3.63, 3.8) is 0 Å². The van der Waals surface area contributed by atoms with Gasteiger partial charge in [-0.05, 0) is 38.0 Å². The molecule has 1 fully saturated rings. The van der Waals surface area contributed by atoms with E-state index in [1.807, 2.05) is 0 Å². The standard InChI is InChI=1S/C12H20O4/c1-9(13)16-11-6-3-10(4-7-11)5-8-12(14)15-2/h10-11H,3-8H2,1-2H3. The number of hydrogen-bond acceptors (Lipinski definition) is 4. The van der Waals surface area contributed by atoms with Crippen LogP contribution in [-0.2, 0) is 19.1 Å². The first kappa shape index (κ1) is 13.0. The van der Waals surface area contributed by atoms with Gasteiger partial charge in [-0.1, -0.05) is 0 Å². The van der Waals surface area contributed by atoms with Crippen LogP contribution < -0.4 is 0 Å². The summed E-state index contributed by atoms with van der Waals surface area (Å²) >= 11 is 0. The van der Waals surface area contributed by atoms with Gasteiger partial charge in [0.15, 0.2) is 0 Å². The first-order valence-electron chi connectivity index (χ1n) is 5.86. The maximum atomic E-state index is 11.0. The minimum Gasteiger partial charge on any atom is -0.469 e. The van der Waals surface area contributed by atoms with Crippen LogP contribution >= 0.6 is 0 Å². The van der Waals surface area contributed by atoms with Crippen LogP contribution in [0.3, 0.4) is 0 Å². The zero-order chi connectivity index (χ0) is 12.0. The summed E-state index contributed by atoms with van der Waals surface area (Å²) in [6.45, 7) is 1.45. The molecule has 0 aromatic heterocycles. The molecule has 16 heavy (non-hydrogen) atoms. The number of esters is 2. The van der Waals surface area contributed by atoms with Crippen LogP contribution in [0.15, 0.2) is 0 Å². The fourth-order valence-corrected chi connectivity index (χ4v) is 2.20. The van der Waals surface area contributed by atoms with E-state index in [9.17, 15) is 9.59 Å². The van der Waals surface area contributed by atoms with Crippen molar-refractivity contribution >= 4 is 11.9 Å². The van der Waals surface area contributed by atoms with E-state index >= 15 is 0 Å². The molecular weight excluding hydrogens is 208 g/mol. The van der Waals surface area contributed by atoms with Crippen molar-refractivity contribution in [1.82, 2.24) is 0 Å². The predicted molar refractivity (Wildman–Crippen MR) is 58.8 cm³/mol. The molecule has 0 unspecified atom stereocenters. The Hall–Kier alpha value is -1.06. The van der Waals surface area contributed by atoms with Gasteiger partial charge in [-0.2, -0.15) is 0 Å².